The van der Waals surface area contributed by atoms with Crippen LogP contribution in [-0.2, 0) is 10.0 Å². The van der Waals surface area contributed by atoms with Gasteiger partial charge in [-0.2, -0.15) is 14.6 Å². The molecule has 4 rings (SSSR count). The summed E-state index contributed by atoms with van der Waals surface area (Å²) in [6, 6.07) is 16.2. The van der Waals surface area contributed by atoms with Crippen LogP contribution in [0.4, 0.5) is 5.88 Å². The Balaban J connectivity index is 1.47. The maximum Gasteiger partial charge on any atom is 0.243 e. The Kier molecular flexibility index (Phi) is 6.33. The molecular formula is C23H21ClN4O3S. The fourth-order valence-corrected chi connectivity index (χ4v) is 5.14. The number of aryl methyl sites for hydroxylation is 1. The first-order valence-electron chi connectivity index (χ1n) is 10.0. The summed E-state index contributed by atoms with van der Waals surface area (Å²) in [4.78, 5) is 6.39. The number of benzene rings is 2. The third kappa shape index (κ3) is 4.70. The Labute approximate surface area is 192 Å². The predicted molar refractivity (Wildman–Crippen MR) is 124 cm³/mol. The summed E-state index contributed by atoms with van der Waals surface area (Å²) in [6.45, 7) is 3.24. The number of piperazine rings is 1. The topological polar surface area (TPSA) is 90.4 Å². The highest BCUT2D eigenvalue weighted by molar-refractivity contribution is 7.89. The summed E-state index contributed by atoms with van der Waals surface area (Å²) >= 11 is 5.90. The van der Waals surface area contributed by atoms with Crippen molar-refractivity contribution >= 4 is 39.7 Å². The van der Waals surface area contributed by atoms with Crippen LogP contribution in [0.25, 0.3) is 12.2 Å². The van der Waals surface area contributed by atoms with E-state index in [2.05, 4.69) is 11.1 Å². The normalized spacial score (nSPS) is 15.2. The molecule has 0 atom stereocenters. The quantitative estimate of drug-likeness (QED) is 0.557. The van der Waals surface area contributed by atoms with E-state index in [1.807, 2.05) is 36.1 Å². The monoisotopic (exact) mass is 468 g/mol. The summed E-state index contributed by atoms with van der Waals surface area (Å²) < 4.78 is 33.2. The van der Waals surface area contributed by atoms with Gasteiger partial charge in [0.25, 0.3) is 0 Å². The molecule has 32 heavy (non-hydrogen) atoms. The smallest absolute Gasteiger partial charge is 0.243 e. The van der Waals surface area contributed by atoms with Gasteiger partial charge in [0, 0.05) is 37.3 Å². The van der Waals surface area contributed by atoms with E-state index in [0.29, 0.717) is 29.9 Å². The Hall–Kier alpha value is -3.12. The number of nitrogens with zero attached hydrogens (tertiary/aromatic N) is 4. The van der Waals surface area contributed by atoms with Crippen molar-refractivity contribution in [2.24, 2.45) is 0 Å². The van der Waals surface area contributed by atoms with Crippen molar-refractivity contribution in [2.45, 2.75) is 11.8 Å². The molecule has 0 radical (unpaired) electrons. The lowest BCUT2D eigenvalue weighted by Gasteiger charge is -2.33. The molecule has 1 fully saturated rings. The van der Waals surface area contributed by atoms with Crippen LogP contribution in [-0.4, -0.2) is 43.9 Å². The first-order chi connectivity index (χ1) is 15.4. The molecule has 7 nitrogen and oxygen atoms in total. The molecule has 0 amide bonds. The van der Waals surface area contributed by atoms with Crippen molar-refractivity contribution in [2.75, 3.05) is 31.1 Å². The third-order valence-electron chi connectivity index (χ3n) is 5.17. The van der Waals surface area contributed by atoms with Crippen LogP contribution < -0.4 is 4.90 Å². The zero-order chi connectivity index (χ0) is 22.7. The van der Waals surface area contributed by atoms with E-state index in [9.17, 15) is 13.7 Å². The number of halogens is 1. The van der Waals surface area contributed by atoms with Gasteiger partial charge < -0.3 is 9.32 Å². The molecule has 164 valence electrons. The largest absolute Gasteiger partial charge is 0.420 e. The van der Waals surface area contributed by atoms with E-state index in [1.54, 1.807) is 36.4 Å². The van der Waals surface area contributed by atoms with E-state index in [1.165, 1.54) is 4.31 Å². The van der Waals surface area contributed by atoms with E-state index in [0.717, 1.165) is 11.1 Å². The van der Waals surface area contributed by atoms with Crippen molar-refractivity contribution < 1.29 is 12.8 Å². The summed E-state index contributed by atoms with van der Waals surface area (Å²) in [5.74, 6) is 0.664. The molecule has 2 heterocycles. The Morgan fingerprint density at radius 1 is 1.09 bits per heavy atom. The average molecular weight is 469 g/mol. The SMILES string of the molecule is Cc1cccc(S(=O)(=O)N2CCN(c3oc(/C=C/c4ccc(Cl)cc4)nc3C#N)CC2)c1. The average Bonchev–Trinajstić information content (AvgIpc) is 3.22. The second-order valence-electron chi connectivity index (χ2n) is 7.41. The maximum absolute atomic E-state index is 13.0. The number of oxazole rings is 1. The van der Waals surface area contributed by atoms with Gasteiger partial charge in [-0.1, -0.05) is 35.9 Å². The highest BCUT2D eigenvalue weighted by Crippen LogP contribution is 2.26. The summed E-state index contributed by atoms with van der Waals surface area (Å²) in [7, 11) is -3.57. The minimum atomic E-state index is -3.57. The molecule has 0 spiro atoms. The van der Waals surface area contributed by atoms with Crippen LogP contribution in [0.3, 0.4) is 0 Å². The zero-order valence-corrected chi connectivity index (χ0v) is 19.0. The van der Waals surface area contributed by atoms with Crippen LogP contribution in [0.2, 0.25) is 5.02 Å². The van der Waals surface area contributed by atoms with Gasteiger partial charge in [0.2, 0.25) is 27.5 Å². The van der Waals surface area contributed by atoms with Gasteiger partial charge >= 0.3 is 0 Å². The van der Waals surface area contributed by atoms with Crippen molar-refractivity contribution in [3.63, 3.8) is 0 Å². The highest BCUT2D eigenvalue weighted by atomic mass is 35.5. The number of rotatable bonds is 5. The fraction of sp³-hybridized carbons (Fsp3) is 0.217. The van der Waals surface area contributed by atoms with Crippen molar-refractivity contribution in [1.29, 1.82) is 5.26 Å². The molecule has 0 unspecified atom stereocenters. The van der Waals surface area contributed by atoms with Crippen molar-refractivity contribution in [3.8, 4) is 6.07 Å². The Morgan fingerprint density at radius 3 is 2.47 bits per heavy atom. The van der Waals surface area contributed by atoms with E-state index >= 15 is 0 Å². The van der Waals surface area contributed by atoms with Crippen molar-refractivity contribution in [1.82, 2.24) is 9.29 Å². The van der Waals surface area contributed by atoms with Crippen LogP contribution in [0.15, 0.2) is 57.8 Å². The van der Waals surface area contributed by atoms with E-state index in [4.69, 9.17) is 16.0 Å². The standard InChI is InChI=1S/C23H21ClN4O3S/c1-17-3-2-4-20(15-17)32(29,30)28-13-11-27(12-14-28)23-21(16-25)26-22(31-23)10-7-18-5-8-19(24)9-6-18/h2-10,15H,11-14H2,1H3/b10-7+. The molecule has 3 aromatic rings. The molecule has 1 saturated heterocycles. The van der Waals surface area contributed by atoms with Gasteiger partial charge in [-0.05, 0) is 48.4 Å². The molecule has 1 aliphatic rings. The lowest BCUT2D eigenvalue weighted by Crippen LogP contribution is -2.48. The Morgan fingerprint density at radius 2 is 1.81 bits per heavy atom. The molecule has 0 saturated carbocycles. The molecule has 2 aromatic carbocycles. The van der Waals surface area contributed by atoms with Gasteiger partial charge in [0.05, 0.1) is 4.90 Å². The zero-order valence-electron chi connectivity index (χ0n) is 17.4. The number of hydrogen-bond acceptors (Lipinski definition) is 6. The van der Waals surface area contributed by atoms with Gasteiger partial charge in [0.1, 0.15) is 6.07 Å². The highest BCUT2D eigenvalue weighted by Gasteiger charge is 2.30. The van der Waals surface area contributed by atoms with Crippen LogP contribution in [0, 0.1) is 18.3 Å². The molecule has 0 aliphatic carbocycles. The van der Waals surface area contributed by atoms with Gasteiger partial charge in [-0.25, -0.2) is 8.42 Å². The number of nitriles is 1. The first-order valence-corrected chi connectivity index (χ1v) is 11.8. The van der Waals surface area contributed by atoms with Gasteiger partial charge in [0.15, 0.2) is 0 Å². The lowest BCUT2D eigenvalue weighted by molar-refractivity contribution is 0.373. The van der Waals surface area contributed by atoms with Crippen molar-refractivity contribution in [3.05, 3.63) is 76.3 Å². The molecule has 1 aliphatic heterocycles. The summed E-state index contributed by atoms with van der Waals surface area (Å²) in [5.41, 5.74) is 1.99. The summed E-state index contributed by atoms with van der Waals surface area (Å²) in [6.07, 6.45) is 3.51. The second-order valence-corrected chi connectivity index (χ2v) is 9.78. The number of sulfonamides is 1. The fourth-order valence-electron chi connectivity index (χ4n) is 3.48. The van der Waals surface area contributed by atoms with Gasteiger partial charge in [-0.15, -0.1) is 0 Å². The van der Waals surface area contributed by atoms with Gasteiger partial charge in [-0.3, -0.25) is 0 Å². The lowest BCUT2D eigenvalue weighted by atomic mass is 10.2. The molecular weight excluding hydrogens is 448 g/mol. The molecule has 9 heteroatoms. The number of hydrogen-bond donors (Lipinski definition) is 0. The summed E-state index contributed by atoms with van der Waals surface area (Å²) in [5, 5.41) is 10.1. The number of aromatic nitrogens is 1. The number of anilines is 1. The molecule has 0 N–H and O–H groups in total. The first kappa shape index (κ1) is 22.1. The second kappa shape index (κ2) is 9.17. The molecule has 1 aromatic heterocycles. The third-order valence-corrected chi connectivity index (χ3v) is 7.32. The Bertz CT molecular complexity index is 1290. The van der Waals surface area contributed by atoms with E-state index in [-0.39, 0.29) is 23.7 Å². The van der Waals surface area contributed by atoms with Crippen LogP contribution in [0.1, 0.15) is 22.7 Å². The van der Waals surface area contributed by atoms with Crippen LogP contribution in [0.5, 0.6) is 0 Å². The predicted octanol–water partition coefficient (Wildman–Crippen LogP) is 4.19. The van der Waals surface area contributed by atoms with Crippen LogP contribution >= 0.6 is 11.6 Å². The molecule has 0 bridgehead atoms. The minimum absolute atomic E-state index is 0.177. The van der Waals surface area contributed by atoms with E-state index < -0.39 is 10.0 Å². The maximum atomic E-state index is 13.0. The minimum Gasteiger partial charge on any atom is -0.420 e.